The summed E-state index contributed by atoms with van der Waals surface area (Å²) >= 11 is 0. The van der Waals surface area contributed by atoms with Gasteiger partial charge in [-0.25, -0.2) is 0 Å². The first-order valence-electron chi connectivity index (χ1n) is 21.8. The summed E-state index contributed by atoms with van der Waals surface area (Å²) in [4.78, 5) is 0. The van der Waals surface area contributed by atoms with Crippen LogP contribution in [0.3, 0.4) is 0 Å². The molecular weight excluding hydrogens is 480 g/mol. The first kappa shape index (κ1) is 10.8. The second-order valence-electron chi connectivity index (χ2n) is 9.06. The molecule has 0 amide bonds. The Labute approximate surface area is 260 Å². The second kappa shape index (κ2) is 9.22. The minimum atomic E-state index is -0.851. The summed E-state index contributed by atoms with van der Waals surface area (Å²) in [5.74, 6) is 0. The van der Waals surface area contributed by atoms with Crippen molar-refractivity contribution in [3.63, 3.8) is 0 Å². The Morgan fingerprint density at radius 3 is 1.62 bits per heavy atom. The predicted molar refractivity (Wildman–Crippen MR) is 173 cm³/mol. The molecule has 186 valence electrons. The molecule has 40 heavy (non-hydrogen) atoms. The average Bonchev–Trinajstić information content (AvgIpc) is 3.22. The van der Waals surface area contributed by atoms with Crippen LogP contribution in [0, 0.1) is 0 Å². The van der Waals surface area contributed by atoms with Crippen LogP contribution in [0.4, 0.5) is 0 Å². The van der Waals surface area contributed by atoms with Gasteiger partial charge in [0.25, 0.3) is 0 Å². The van der Waals surface area contributed by atoms with E-state index in [-0.39, 0.29) is 11.1 Å². The summed E-state index contributed by atoms with van der Waals surface area (Å²) in [5.41, 5.74) is -2.04. The number of benzene rings is 8. The molecule has 0 saturated heterocycles. The van der Waals surface area contributed by atoms with Gasteiger partial charge in [0.1, 0.15) is 0 Å². The van der Waals surface area contributed by atoms with E-state index in [1.165, 1.54) is 0 Å². The molecule has 0 aliphatic heterocycles. The third-order valence-corrected chi connectivity index (χ3v) is 6.79. The van der Waals surface area contributed by atoms with E-state index in [0.29, 0.717) is 5.39 Å². The largest absolute Gasteiger partial charge is 0.0636 e. The van der Waals surface area contributed by atoms with Gasteiger partial charge in [0.2, 0.25) is 0 Å². The fourth-order valence-electron chi connectivity index (χ4n) is 4.99. The highest BCUT2D eigenvalue weighted by Crippen LogP contribution is 2.44. The van der Waals surface area contributed by atoms with Crippen LogP contribution in [0.2, 0.25) is 0 Å². The van der Waals surface area contributed by atoms with Gasteiger partial charge in [-0.05, 0) is 94.6 Å². The molecule has 0 fully saturated rings. The Kier molecular flexibility index (Phi) is 2.48. The van der Waals surface area contributed by atoms with Crippen LogP contribution in [0.25, 0.3) is 76.5 Å². The van der Waals surface area contributed by atoms with E-state index in [1.54, 1.807) is 30.3 Å². The van der Waals surface area contributed by atoms with E-state index in [4.69, 9.17) is 15.1 Å². The number of hydrogen-bond acceptors (Lipinski definition) is 0. The van der Waals surface area contributed by atoms with E-state index in [0.717, 1.165) is 5.39 Å². The highest BCUT2D eigenvalue weighted by atomic mass is 14.2. The Bertz CT molecular complexity index is 3180. The smallest absolute Gasteiger partial charge is 0.0616 e. The monoisotopic (exact) mass is 525 g/mol. The Hall–Kier alpha value is -5.20. The lowest BCUT2D eigenvalue weighted by molar-refractivity contribution is 1.63. The zero-order valence-electron chi connectivity index (χ0n) is 39.5. The van der Waals surface area contributed by atoms with Crippen molar-refractivity contribution in [1.82, 2.24) is 0 Å². The lowest BCUT2D eigenvalue weighted by atomic mass is 9.85. The van der Waals surface area contributed by atoms with Gasteiger partial charge in [-0.3, -0.25) is 0 Å². The summed E-state index contributed by atoms with van der Waals surface area (Å²) in [5, 5.41) is -1.61. The Morgan fingerprint density at radius 2 is 0.925 bits per heavy atom. The molecule has 0 heterocycles. The third kappa shape index (κ3) is 3.69. The number of hydrogen-bond donors (Lipinski definition) is 0. The van der Waals surface area contributed by atoms with Gasteiger partial charge in [-0.15, -0.1) is 0 Å². The molecule has 0 saturated carbocycles. The summed E-state index contributed by atoms with van der Waals surface area (Å²) in [6.07, 6.45) is 0. The fraction of sp³-hybridized carbons (Fsp3) is 0. The van der Waals surface area contributed by atoms with Crippen molar-refractivity contribution in [2.24, 2.45) is 0 Å². The molecule has 8 aromatic carbocycles. The van der Waals surface area contributed by atoms with Crippen molar-refractivity contribution in [1.29, 1.82) is 0 Å². The fourth-order valence-corrected chi connectivity index (χ4v) is 4.99. The predicted octanol–water partition coefficient (Wildman–Crippen LogP) is 11.3. The zero-order valence-corrected chi connectivity index (χ0v) is 20.5. The molecule has 0 N–H and O–H groups in total. The highest BCUT2D eigenvalue weighted by molar-refractivity contribution is 6.21. The maximum absolute atomic E-state index is 9.62. The van der Waals surface area contributed by atoms with Gasteiger partial charge in [0, 0.05) is 0 Å². The molecule has 0 heteroatoms. The Balaban J connectivity index is 1.70. The van der Waals surface area contributed by atoms with E-state index in [9.17, 15) is 11.0 Å². The van der Waals surface area contributed by atoms with E-state index in [1.807, 2.05) is 12.1 Å². The van der Waals surface area contributed by atoms with Gasteiger partial charge in [-0.1, -0.05) is 139 Å². The zero-order chi connectivity index (χ0) is 43.0. The maximum atomic E-state index is 9.62. The van der Waals surface area contributed by atoms with Crippen molar-refractivity contribution < 1.29 is 26.0 Å². The van der Waals surface area contributed by atoms with Crippen LogP contribution in [-0.4, -0.2) is 0 Å². The molecule has 0 atom stereocenters. The topological polar surface area (TPSA) is 0 Å². The van der Waals surface area contributed by atoms with E-state index in [2.05, 4.69) is 0 Å². The van der Waals surface area contributed by atoms with Crippen LogP contribution >= 0.6 is 0 Å². The van der Waals surface area contributed by atoms with Crippen LogP contribution in [-0.2, 0) is 0 Å². The number of fused-ring (bicyclic) bond motifs is 4. The first-order chi connectivity index (χ1) is 27.8. The third-order valence-electron chi connectivity index (χ3n) is 6.79. The minimum Gasteiger partial charge on any atom is -0.0616 e. The molecule has 0 spiro atoms. The van der Waals surface area contributed by atoms with Crippen LogP contribution < -0.4 is 0 Å². The van der Waals surface area contributed by atoms with Crippen molar-refractivity contribution in [2.45, 2.75) is 0 Å². The molecular formula is C40H26. The second-order valence-corrected chi connectivity index (χ2v) is 9.06. The molecule has 0 radical (unpaired) electrons. The molecule has 8 aromatic rings. The lowest BCUT2D eigenvalue weighted by Gasteiger charge is -2.18. The quantitative estimate of drug-likeness (QED) is 0.201. The highest BCUT2D eigenvalue weighted by Gasteiger charge is 2.17. The summed E-state index contributed by atoms with van der Waals surface area (Å²) in [7, 11) is 0. The lowest BCUT2D eigenvalue weighted by Crippen LogP contribution is -1.91. The van der Waals surface area contributed by atoms with Crippen molar-refractivity contribution >= 4 is 43.1 Å². The standard InChI is InChI=1S/C40H26/c1-3-12-29-24-32(22-20-27(29)10-1)31-14-9-15-33(26-31)39-35-16-5-7-18-37(35)40(38-19-8-6-17-36(38)39)34-23-21-28-11-2-4-13-30(28)25-34/h1-26H/i2D,4D,5D,6D,7D,8D,9D,11D,13D,14D,15D,16D,17D,18D,19D,21D,23D,25D,26D. The molecule has 0 aliphatic carbocycles. The Morgan fingerprint density at radius 1 is 0.350 bits per heavy atom. The molecule has 0 nitrogen and oxygen atoms in total. The average molecular weight is 526 g/mol. The normalized spacial score (nSPS) is 18.1. The van der Waals surface area contributed by atoms with E-state index < -0.39 is 169 Å². The minimum absolute atomic E-state index is 0.150. The van der Waals surface area contributed by atoms with E-state index >= 15 is 0 Å². The summed E-state index contributed by atoms with van der Waals surface area (Å²) in [6, 6.07) is -2.39. The molecule has 8 rings (SSSR count). The molecule has 0 bridgehead atoms. The van der Waals surface area contributed by atoms with Gasteiger partial charge < -0.3 is 0 Å². The molecule has 0 aromatic heterocycles. The maximum Gasteiger partial charge on any atom is 0.0636 e. The van der Waals surface area contributed by atoms with Crippen LogP contribution in [0.5, 0.6) is 0 Å². The number of rotatable bonds is 3. The summed E-state index contributed by atoms with van der Waals surface area (Å²) < 4.78 is 170. The van der Waals surface area contributed by atoms with Gasteiger partial charge in [-0.2, -0.15) is 0 Å². The summed E-state index contributed by atoms with van der Waals surface area (Å²) in [6.45, 7) is 0. The van der Waals surface area contributed by atoms with Crippen molar-refractivity contribution in [3.05, 3.63) is 157 Å². The molecule has 0 unspecified atom stereocenters. The first-order valence-corrected chi connectivity index (χ1v) is 12.3. The van der Waals surface area contributed by atoms with Gasteiger partial charge in [0.15, 0.2) is 0 Å². The van der Waals surface area contributed by atoms with Gasteiger partial charge in [0.05, 0.1) is 26.0 Å². The van der Waals surface area contributed by atoms with Crippen LogP contribution in [0.1, 0.15) is 26.0 Å². The SMILES string of the molecule is [2H]c1c([2H])c(-c2ccc3ccccc3c2)c([2H])c(-c2c3c([2H])c([2H])c([2H])c([2H])c3c(-c3c([2H])c([2H])c4c([2H])c([2H])c([2H])c([2H])c4c3[2H])c3c([2H])c([2H])c([2H])c([2H])c23)c1[2H]. The van der Waals surface area contributed by atoms with Crippen LogP contribution in [0.15, 0.2) is 157 Å². The molecule has 0 aliphatic rings. The van der Waals surface area contributed by atoms with Crippen molar-refractivity contribution in [3.8, 4) is 33.4 Å². The van der Waals surface area contributed by atoms with Crippen molar-refractivity contribution in [2.75, 3.05) is 0 Å². The van der Waals surface area contributed by atoms with Gasteiger partial charge >= 0.3 is 0 Å².